The van der Waals surface area contributed by atoms with Crippen LogP contribution in [0.25, 0.3) is 0 Å². The van der Waals surface area contributed by atoms with Crippen LogP contribution in [0.5, 0.6) is 0 Å². The van der Waals surface area contributed by atoms with Gasteiger partial charge in [0.2, 0.25) is 0 Å². The third kappa shape index (κ3) is 5.52. The van der Waals surface area contributed by atoms with E-state index in [0.717, 1.165) is 13.0 Å². The molecular formula is C15H20INS2. The summed E-state index contributed by atoms with van der Waals surface area (Å²) in [6, 6.07) is 10.4. The van der Waals surface area contributed by atoms with E-state index >= 15 is 0 Å². The van der Waals surface area contributed by atoms with Gasteiger partial charge in [0, 0.05) is 21.1 Å². The van der Waals surface area contributed by atoms with Crippen molar-refractivity contribution in [3.63, 3.8) is 0 Å². The van der Waals surface area contributed by atoms with Gasteiger partial charge in [-0.05, 0) is 31.7 Å². The molecule has 0 unspecified atom stereocenters. The van der Waals surface area contributed by atoms with Gasteiger partial charge in [-0.15, -0.1) is 47.5 Å². The zero-order valence-corrected chi connectivity index (χ0v) is 15.5. The molecule has 1 nitrogen and oxygen atoms in total. The van der Waals surface area contributed by atoms with E-state index in [1.54, 1.807) is 0 Å². The number of rotatable bonds is 3. The first kappa shape index (κ1) is 17.1. The zero-order valence-electron chi connectivity index (χ0n) is 11.6. The van der Waals surface area contributed by atoms with Gasteiger partial charge in [0.15, 0.2) is 0 Å². The summed E-state index contributed by atoms with van der Waals surface area (Å²) >= 11 is 3.77. The number of benzene rings is 1. The average molecular weight is 405 g/mol. The summed E-state index contributed by atoms with van der Waals surface area (Å²) in [7, 11) is 0. The number of hydrogen-bond acceptors (Lipinski definition) is 3. The fourth-order valence-electron chi connectivity index (χ4n) is 1.94. The Kier molecular flexibility index (Phi) is 6.97. The lowest BCUT2D eigenvalue weighted by molar-refractivity contribution is 0.746. The maximum atomic E-state index is 4.76. The summed E-state index contributed by atoms with van der Waals surface area (Å²) in [4.78, 5) is 4.76. The predicted molar refractivity (Wildman–Crippen MR) is 101 cm³/mol. The van der Waals surface area contributed by atoms with Crippen LogP contribution in [0.2, 0.25) is 0 Å². The van der Waals surface area contributed by atoms with Crippen molar-refractivity contribution < 1.29 is 0 Å². The predicted octanol–water partition coefficient (Wildman–Crippen LogP) is 5.37. The molecule has 0 saturated carbocycles. The van der Waals surface area contributed by atoms with Gasteiger partial charge in [-0.2, -0.15) is 0 Å². The largest absolute Gasteiger partial charge is 0.285 e. The molecule has 1 heterocycles. The molecule has 0 fully saturated rings. The number of thioether (sulfide) groups is 2. The van der Waals surface area contributed by atoms with Crippen LogP contribution in [0.1, 0.15) is 25.8 Å². The van der Waals surface area contributed by atoms with E-state index in [2.05, 4.69) is 50.4 Å². The molecule has 0 saturated heterocycles. The zero-order chi connectivity index (χ0) is 13.0. The molecule has 4 heteroatoms. The average Bonchev–Trinajstić information content (AvgIpc) is 2.36. The first-order valence-corrected chi connectivity index (χ1v) is 8.15. The van der Waals surface area contributed by atoms with Crippen molar-refractivity contribution in [2.45, 2.75) is 31.6 Å². The molecule has 1 aromatic carbocycles. The molecule has 0 aliphatic carbocycles. The highest BCUT2D eigenvalue weighted by Gasteiger charge is 2.26. The fourth-order valence-corrected chi connectivity index (χ4v) is 4.16. The van der Waals surface area contributed by atoms with Crippen LogP contribution < -0.4 is 0 Å². The molecule has 0 spiro atoms. The van der Waals surface area contributed by atoms with Crippen molar-refractivity contribution in [1.82, 2.24) is 0 Å². The van der Waals surface area contributed by atoms with E-state index in [4.69, 9.17) is 4.99 Å². The molecule has 0 atom stereocenters. The Hall–Kier alpha value is 0.0600. The van der Waals surface area contributed by atoms with Crippen LogP contribution in [0.3, 0.4) is 0 Å². The highest BCUT2D eigenvalue weighted by molar-refractivity contribution is 14.0. The molecule has 0 N–H and O–H groups in total. The topological polar surface area (TPSA) is 12.4 Å². The molecule has 0 amide bonds. The van der Waals surface area contributed by atoms with Gasteiger partial charge in [-0.1, -0.05) is 30.3 Å². The summed E-state index contributed by atoms with van der Waals surface area (Å²) < 4.78 is 1.64. The van der Waals surface area contributed by atoms with Crippen LogP contribution in [-0.4, -0.2) is 16.7 Å². The summed E-state index contributed by atoms with van der Waals surface area (Å²) in [5.41, 5.74) is 2.51. The first-order chi connectivity index (χ1) is 8.59. The van der Waals surface area contributed by atoms with E-state index in [1.807, 2.05) is 29.6 Å². The third-order valence-electron chi connectivity index (χ3n) is 2.78. The molecule has 0 bridgehead atoms. The Morgan fingerprint density at radius 3 is 2.58 bits per heavy atom. The van der Waals surface area contributed by atoms with Crippen LogP contribution in [0, 0.1) is 0 Å². The number of halogens is 1. The minimum absolute atomic E-state index is 0. The lowest BCUT2D eigenvalue weighted by Crippen LogP contribution is -2.23. The maximum absolute atomic E-state index is 4.76. The number of allylic oxidation sites excluding steroid dienone is 1. The van der Waals surface area contributed by atoms with E-state index in [1.165, 1.54) is 15.5 Å². The maximum Gasteiger partial charge on any atom is 0.0643 e. The smallest absolute Gasteiger partial charge is 0.0643 e. The Morgan fingerprint density at radius 2 is 1.95 bits per heavy atom. The lowest BCUT2D eigenvalue weighted by atomic mass is 10.0. The van der Waals surface area contributed by atoms with Gasteiger partial charge >= 0.3 is 0 Å². The molecule has 1 aromatic rings. The monoisotopic (exact) mass is 405 g/mol. The van der Waals surface area contributed by atoms with Crippen LogP contribution >= 0.6 is 47.5 Å². The van der Waals surface area contributed by atoms with E-state index in [-0.39, 0.29) is 28.7 Å². The van der Waals surface area contributed by atoms with Crippen molar-refractivity contribution in [3.8, 4) is 0 Å². The minimum Gasteiger partial charge on any atom is -0.285 e. The van der Waals surface area contributed by atoms with Gasteiger partial charge in [-0.25, -0.2) is 0 Å². The summed E-state index contributed by atoms with van der Waals surface area (Å²) in [5, 5.41) is 0. The summed E-state index contributed by atoms with van der Waals surface area (Å²) in [6.07, 6.45) is 5.42. The molecule has 2 rings (SSSR count). The van der Waals surface area contributed by atoms with Gasteiger partial charge in [0.1, 0.15) is 0 Å². The standard InChI is InChI=1S/C15H19NS2.HI/c1-15(2)10-13(9-14(17-3)18-15)16-11-12-7-5-4-6-8-12;/h4-9H,10-11H2,1-3H3;1H. The summed E-state index contributed by atoms with van der Waals surface area (Å²) in [6.45, 7) is 5.37. The van der Waals surface area contributed by atoms with E-state index in [0.29, 0.717) is 0 Å². The number of hydrogen-bond donors (Lipinski definition) is 0. The van der Waals surface area contributed by atoms with Crippen molar-refractivity contribution in [2.75, 3.05) is 6.26 Å². The molecule has 0 radical (unpaired) electrons. The Balaban J connectivity index is 0.00000180. The molecule has 19 heavy (non-hydrogen) atoms. The van der Waals surface area contributed by atoms with Crippen molar-refractivity contribution in [2.24, 2.45) is 4.99 Å². The van der Waals surface area contributed by atoms with Gasteiger partial charge in [0.25, 0.3) is 0 Å². The first-order valence-electron chi connectivity index (χ1n) is 6.11. The van der Waals surface area contributed by atoms with Crippen LogP contribution in [0.15, 0.2) is 45.6 Å². The second-order valence-electron chi connectivity index (χ2n) is 5.00. The van der Waals surface area contributed by atoms with E-state index < -0.39 is 0 Å². The van der Waals surface area contributed by atoms with Gasteiger partial charge in [0.05, 0.1) is 6.54 Å². The van der Waals surface area contributed by atoms with Crippen molar-refractivity contribution in [3.05, 3.63) is 46.2 Å². The molecular weight excluding hydrogens is 385 g/mol. The number of aliphatic imine (C=N–C) groups is 1. The van der Waals surface area contributed by atoms with Crippen LogP contribution in [-0.2, 0) is 6.54 Å². The normalized spacial score (nSPS) is 19.7. The second kappa shape index (κ2) is 7.74. The highest BCUT2D eigenvalue weighted by atomic mass is 127. The molecule has 1 aliphatic heterocycles. The third-order valence-corrected chi connectivity index (χ3v) is 5.06. The minimum atomic E-state index is 0. The highest BCUT2D eigenvalue weighted by Crippen LogP contribution is 2.43. The lowest BCUT2D eigenvalue weighted by Gasteiger charge is -2.29. The van der Waals surface area contributed by atoms with Crippen molar-refractivity contribution >= 4 is 53.2 Å². The Labute approximate surface area is 141 Å². The van der Waals surface area contributed by atoms with E-state index in [9.17, 15) is 0 Å². The Morgan fingerprint density at radius 1 is 1.26 bits per heavy atom. The number of nitrogens with zero attached hydrogens (tertiary/aromatic N) is 1. The fraction of sp³-hybridized carbons (Fsp3) is 0.400. The quantitative estimate of drug-likeness (QED) is 0.628. The van der Waals surface area contributed by atoms with Crippen molar-refractivity contribution in [1.29, 1.82) is 0 Å². The Bertz CT molecular complexity index is 466. The van der Waals surface area contributed by atoms with Gasteiger partial charge < -0.3 is 0 Å². The molecule has 104 valence electrons. The second-order valence-corrected chi connectivity index (χ2v) is 7.85. The van der Waals surface area contributed by atoms with Crippen LogP contribution in [0.4, 0.5) is 0 Å². The van der Waals surface area contributed by atoms with Gasteiger partial charge in [-0.3, -0.25) is 4.99 Å². The molecule has 0 aromatic heterocycles. The SMILES string of the molecule is CSC1=CC(=NCc2ccccc2)CC(C)(C)S1.I. The molecule has 1 aliphatic rings. The summed E-state index contributed by atoms with van der Waals surface area (Å²) in [5.74, 6) is 0.